The number of carbonyl (C=O) groups excluding carboxylic acids is 2. The Balaban J connectivity index is 3.99. The summed E-state index contributed by atoms with van der Waals surface area (Å²) < 4.78 is 0. The van der Waals surface area contributed by atoms with Crippen LogP contribution in [0.2, 0.25) is 0 Å². The van der Waals surface area contributed by atoms with Gasteiger partial charge in [-0.3, -0.25) is 9.59 Å². The number of hydrogen-bond acceptors (Lipinski definition) is 4. The van der Waals surface area contributed by atoms with Crippen molar-refractivity contribution in [3.63, 3.8) is 0 Å². The van der Waals surface area contributed by atoms with Crippen molar-refractivity contribution in [3.05, 3.63) is 0 Å². The second kappa shape index (κ2) is 7.97. The van der Waals surface area contributed by atoms with Gasteiger partial charge >= 0.3 is 5.97 Å². The number of carboxylic acids is 1. The molecule has 18 heavy (non-hydrogen) atoms. The van der Waals surface area contributed by atoms with Crippen molar-refractivity contribution >= 4 is 30.0 Å². The van der Waals surface area contributed by atoms with E-state index in [1.165, 1.54) is 11.8 Å². The van der Waals surface area contributed by atoms with Gasteiger partial charge in [0.25, 0.3) is 0 Å². The van der Waals surface area contributed by atoms with Gasteiger partial charge in [0.05, 0.1) is 5.75 Å². The van der Waals surface area contributed by atoms with Crippen molar-refractivity contribution in [1.29, 1.82) is 0 Å². The highest BCUT2D eigenvalue weighted by Crippen LogP contribution is 2.08. The first-order valence-corrected chi connectivity index (χ1v) is 6.79. The minimum absolute atomic E-state index is 0.137. The molecule has 0 bridgehead atoms. The summed E-state index contributed by atoms with van der Waals surface area (Å²) in [5.74, 6) is -0.909. The fourth-order valence-corrected chi connectivity index (χ4v) is 1.89. The number of carboxylic acid groups (broad SMARTS) is 1. The van der Waals surface area contributed by atoms with Crippen LogP contribution in [0.15, 0.2) is 0 Å². The molecule has 104 valence electrons. The molecular formula is C11H20N2O4S. The molecule has 0 aliphatic carbocycles. The van der Waals surface area contributed by atoms with E-state index in [1.54, 1.807) is 0 Å². The van der Waals surface area contributed by atoms with Crippen LogP contribution >= 0.6 is 11.8 Å². The normalized spacial score (nSPS) is 12.6. The van der Waals surface area contributed by atoms with Gasteiger partial charge in [0.15, 0.2) is 0 Å². The van der Waals surface area contributed by atoms with Gasteiger partial charge in [0.2, 0.25) is 12.3 Å². The summed E-state index contributed by atoms with van der Waals surface area (Å²) in [4.78, 5) is 32.4. The summed E-state index contributed by atoms with van der Waals surface area (Å²) in [5.41, 5.74) is -0.259. The van der Waals surface area contributed by atoms with Crippen LogP contribution in [0.5, 0.6) is 0 Å². The Morgan fingerprint density at radius 1 is 1.44 bits per heavy atom. The Morgan fingerprint density at radius 2 is 2.06 bits per heavy atom. The highest BCUT2D eigenvalue weighted by molar-refractivity contribution is 8.00. The molecule has 0 aliphatic rings. The maximum Gasteiger partial charge on any atom is 0.327 e. The first-order valence-electron chi connectivity index (χ1n) is 5.63. The second-order valence-corrected chi connectivity index (χ2v) is 5.51. The van der Waals surface area contributed by atoms with Crippen LogP contribution in [0, 0.1) is 0 Å². The van der Waals surface area contributed by atoms with Crippen LogP contribution in [0.3, 0.4) is 0 Å². The van der Waals surface area contributed by atoms with E-state index in [9.17, 15) is 14.4 Å². The summed E-state index contributed by atoms with van der Waals surface area (Å²) >= 11 is 1.17. The fourth-order valence-electron chi connectivity index (χ4n) is 1.04. The monoisotopic (exact) mass is 276 g/mol. The van der Waals surface area contributed by atoms with Gasteiger partial charge in [0, 0.05) is 11.3 Å². The Bertz CT molecular complexity index is 307. The molecular weight excluding hydrogens is 256 g/mol. The average Bonchev–Trinajstić information content (AvgIpc) is 2.27. The molecule has 0 fully saturated rings. The predicted molar refractivity (Wildman–Crippen MR) is 70.5 cm³/mol. The van der Waals surface area contributed by atoms with E-state index in [0.717, 1.165) is 6.42 Å². The van der Waals surface area contributed by atoms with Crippen LogP contribution in [0.4, 0.5) is 0 Å². The lowest BCUT2D eigenvalue weighted by Crippen LogP contribution is -2.44. The minimum atomic E-state index is -1.11. The quantitative estimate of drug-likeness (QED) is 0.524. The molecule has 0 aliphatic heterocycles. The van der Waals surface area contributed by atoms with E-state index >= 15 is 0 Å². The van der Waals surface area contributed by atoms with Crippen molar-refractivity contribution in [2.45, 2.75) is 38.8 Å². The lowest BCUT2D eigenvalue weighted by Gasteiger charge is -2.24. The van der Waals surface area contributed by atoms with Crippen LogP contribution < -0.4 is 10.6 Å². The molecule has 0 aromatic carbocycles. The molecule has 3 N–H and O–H groups in total. The van der Waals surface area contributed by atoms with Crippen molar-refractivity contribution < 1.29 is 19.5 Å². The first kappa shape index (κ1) is 16.8. The summed E-state index contributed by atoms with van der Waals surface area (Å²) in [6.45, 7) is 5.81. The zero-order chi connectivity index (χ0) is 14.2. The Morgan fingerprint density at radius 3 is 2.50 bits per heavy atom. The predicted octanol–water partition coefficient (Wildman–Crippen LogP) is 0.224. The minimum Gasteiger partial charge on any atom is -0.480 e. The molecule has 7 heteroatoms. The van der Waals surface area contributed by atoms with Gasteiger partial charge in [-0.2, -0.15) is 0 Å². The Hall–Kier alpha value is -1.24. The topological polar surface area (TPSA) is 95.5 Å². The number of rotatable bonds is 9. The smallest absolute Gasteiger partial charge is 0.327 e. The highest BCUT2D eigenvalue weighted by atomic mass is 32.2. The Kier molecular flexibility index (Phi) is 7.42. The second-order valence-electron chi connectivity index (χ2n) is 4.48. The van der Waals surface area contributed by atoms with E-state index in [1.807, 2.05) is 20.8 Å². The van der Waals surface area contributed by atoms with E-state index in [0.29, 0.717) is 6.41 Å². The number of thioether (sulfide) groups is 1. The van der Waals surface area contributed by atoms with E-state index in [-0.39, 0.29) is 23.0 Å². The summed E-state index contributed by atoms with van der Waals surface area (Å²) in [5, 5.41) is 13.8. The number of hydrogen-bond donors (Lipinski definition) is 3. The lowest BCUT2D eigenvalue weighted by atomic mass is 10.0. The number of carbonyl (C=O) groups is 3. The SMILES string of the molecule is CCC(C)(C)NC(=O)CSCC(NC=O)C(=O)O. The molecule has 0 aromatic heterocycles. The molecule has 0 rings (SSSR count). The van der Waals surface area contributed by atoms with Gasteiger partial charge in [-0.1, -0.05) is 6.92 Å². The molecule has 0 saturated carbocycles. The van der Waals surface area contributed by atoms with Crippen LogP contribution in [-0.2, 0) is 14.4 Å². The fraction of sp³-hybridized carbons (Fsp3) is 0.727. The molecule has 0 saturated heterocycles. The van der Waals surface area contributed by atoms with Crippen molar-refractivity contribution in [2.75, 3.05) is 11.5 Å². The van der Waals surface area contributed by atoms with Crippen molar-refractivity contribution in [1.82, 2.24) is 10.6 Å². The molecule has 0 heterocycles. The summed E-state index contributed by atoms with van der Waals surface area (Å²) in [7, 11) is 0. The van der Waals surface area contributed by atoms with Gasteiger partial charge in [-0.05, 0) is 20.3 Å². The van der Waals surface area contributed by atoms with Crippen LogP contribution in [0.25, 0.3) is 0 Å². The number of aliphatic carboxylic acids is 1. The van der Waals surface area contributed by atoms with Crippen LogP contribution in [-0.4, -0.2) is 46.5 Å². The summed E-state index contributed by atoms with van der Waals surface area (Å²) in [6.07, 6.45) is 1.16. The van der Waals surface area contributed by atoms with Gasteiger partial charge in [-0.25, -0.2) is 4.79 Å². The van der Waals surface area contributed by atoms with E-state index < -0.39 is 12.0 Å². The zero-order valence-corrected chi connectivity index (χ0v) is 11.7. The number of nitrogens with one attached hydrogen (secondary N) is 2. The first-order chi connectivity index (χ1) is 8.32. The van der Waals surface area contributed by atoms with E-state index in [4.69, 9.17) is 5.11 Å². The third-order valence-corrected chi connectivity index (χ3v) is 3.48. The molecule has 1 unspecified atom stereocenters. The summed E-state index contributed by atoms with van der Waals surface area (Å²) in [6, 6.07) is -0.959. The third-order valence-electron chi connectivity index (χ3n) is 2.45. The maximum absolute atomic E-state index is 11.6. The third kappa shape index (κ3) is 7.16. The zero-order valence-electron chi connectivity index (χ0n) is 10.9. The number of amides is 2. The highest BCUT2D eigenvalue weighted by Gasteiger charge is 2.19. The maximum atomic E-state index is 11.6. The van der Waals surface area contributed by atoms with E-state index in [2.05, 4.69) is 10.6 Å². The molecule has 6 nitrogen and oxygen atoms in total. The van der Waals surface area contributed by atoms with Crippen LogP contribution in [0.1, 0.15) is 27.2 Å². The standard InChI is InChI=1S/C11H20N2O4S/c1-4-11(2,3)13-9(15)6-18-5-8(10(16)17)12-7-14/h7-8H,4-6H2,1-3H3,(H,12,14)(H,13,15)(H,16,17). The molecule has 1 atom stereocenters. The molecule has 0 spiro atoms. The average molecular weight is 276 g/mol. The largest absolute Gasteiger partial charge is 0.480 e. The van der Waals surface area contributed by atoms with Gasteiger partial charge in [-0.15, -0.1) is 11.8 Å². The van der Waals surface area contributed by atoms with Gasteiger partial charge < -0.3 is 15.7 Å². The lowest BCUT2D eigenvalue weighted by molar-refractivity contribution is -0.139. The van der Waals surface area contributed by atoms with Crippen molar-refractivity contribution in [2.24, 2.45) is 0 Å². The van der Waals surface area contributed by atoms with Gasteiger partial charge in [0.1, 0.15) is 6.04 Å². The van der Waals surface area contributed by atoms with Crippen molar-refractivity contribution in [3.8, 4) is 0 Å². The molecule has 0 radical (unpaired) electrons. The molecule has 2 amide bonds. The molecule has 0 aromatic rings. The Labute approximate surface area is 111 Å².